The van der Waals surface area contributed by atoms with Crippen molar-refractivity contribution in [3.8, 4) is 11.5 Å². The summed E-state index contributed by atoms with van der Waals surface area (Å²) in [5.41, 5.74) is 4.81. The summed E-state index contributed by atoms with van der Waals surface area (Å²) in [5.74, 6) is 2.68. The van der Waals surface area contributed by atoms with Gasteiger partial charge in [0.05, 0.1) is 42.9 Å². The molecule has 1 saturated heterocycles. The number of morpholine rings is 1. The fourth-order valence-corrected chi connectivity index (χ4v) is 4.48. The Morgan fingerprint density at radius 2 is 1.89 bits per heavy atom. The van der Waals surface area contributed by atoms with Crippen LogP contribution in [0.15, 0.2) is 60.8 Å². The number of ether oxygens (including phenoxy) is 2. The van der Waals surface area contributed by atoms with Crippen molar-refractivity contribution >= 4 is 28.5 Å². The molecule has 1 fully saturated rings. The number of aryl methyl sites for hydroxylation is 1. The standard InChI is InChI=1S/C29H33N5O3/c1-20(2)21-5-4-6-22(15-21)31-29-32-27-18-25(7-8-28(27)33(29)3)37-26-9-10-30-23(17-26)16-24(35)19-34-11-13-36-14-12-34/h4-10,15,17-18,20H,11-14,16,19H2,1-3H3,(H,31,32). The molecule has 4 aromatic rings. The van der Waals surface area contributed by atoms with E-state index in [0.29, 0.717) is 42.9 Å². The summed E-state index contributed by atoms with van der Waals surface area (Å²) < 4.78 is 13.5. The molecule has 0 spiro atoms. The summed E-state index contributed by atoms with van der Waals surface area (Å²) >= 11 is 0. The molecule has 0 atom stereocenters. The number of hydrogen-bond acceptors (Lipinski definition) is 7. The van der Waals surface area contributed by atoms with Gasteiger partial charge in [-0.1, -0.05) is 26.0 Å². The lowest BCUT2D eigenvalue weighted by Crippen LogP contribution is -2.39. The molecule has 0 radical (unpaired) electrons. The molecule has 37 heavy (non-hydrogen) atoms. The average molecular weight is 500 g/mol. The topological polar surface area (TPSA) is 81.5 Å². The first-order chi connectivity index (χ1) is 17.9. The van der Waals surface area contributed by atoms with Gasteiger partial charge in [-0.15, -0.1) is 0 Å². The third-order valence-corrected chi connectivity index (χ3v) is 6.57. The molecule has 0 saturated carbocycles. The quantitative estimate of drug-likeness (QED) is 0.344. The van der Waals surface area contributed by atoms with Crippen LogP contribution in [-0.2, 0) is 23.0 Å². The maximum absolute atomic E-state index is 12.5. The van der Waals surface area contributed by atoms with E-state index >= 15 is 0 Å². The fraction of sp³-hybridized carbons (Fsp3) is 0.345. The zero-order valence-corrected chi connectivity index (χ0v) is 21.6. The Balaban J connectivity index is 1.27. The molecule has 8 nitrogen and oxygen atoms in total. The Labute approximate surface area is 217 Å². The van der Waals surface area contributed by atoms with Gasteiger partial charge >= 0.3 is 0 Å². The van der Waals surface area contributed by atoms with Crippen LogP contribution in [0.4, 0.5) is 11.6 Å². The molecule has 192 valence electrons. The lowest BCUT2D eigenvalue weighted by molar-refractivity contribution is -0.120. The van der Waals surface area contributed by atoms with E-state index in [0.717, 1.165) is 35.8 Å². The number of imidazole rings is 1. The summed E-state index contributed by atoms with van der Waals surface area (Å²) in [6, 6.07) is 17.9. The SMILES string of the molecule is CC(C)c1cccc(Nc2nc3cc(Oc4ccnc(CC(=O)CN5CCOCC5)c4)ccc3n2C)c1. The number of fused-ring (bicyclic) bond motifs is 1. The number of benzene rings is 2. The number of carbonyl (C=O) groups excluding carboxylic acids is 1. The number of hydrogen-bond donors (Lipinski definition) is 1. The minimum absolute atomic E-state index is 0.139. The van der Waals surface area contributed by atoms with E-state index < -0.39 is 0 Å². The van der Waals surface area contributed by atoms with Gasteiger partial charge in [-0.05, 0) is 41.8 Å². The van der Waals surface area contributed by atoms with Crippen molar-refractivity contribution in [2.24, 2.45) is 7.05 Å². The van der Waals surface area contributed by atoms with Gasteiger partial charge in [0, 0.05) is 44.2 Å². The second-order valence-electron chi connectivity index (χ2n) is 9.74. The fourth-order valence-electron chi connectivity index (χ4n) is 4.48. The van der Waals surface area contributed by atoms with Crippen molar-refractivity contribution in [1.82, 2.24) is 19.4 Å². The molecular weight excluding hydrogens is 466 g/mol. The van der Waals surface area contributed by atoms with Crippen LogP contribution in [0.3, 0.4) is 0 Å². The minimum Gasteiger partial charge on any atom is -0.457 e. The van der Waals surface area contributed by atoms with Gasteiger partial charge in [0.1, 0.15) is 11.5 Å². The van der Waals surface area contributed by atoms with Crippen molar-refractivity contribution in [2.45, 2.75) is 26.2 Å². The highest BCUT2D eigenvalue weighted by atomic mass is 16.5. The highest BCUT2D eigenvalue weighted by Crippen LogP contribution is 2.29. The first kappa shape index (κ1) is 24.9. The summed E-state index contributed by atoms with van der Waals surface area (Å²) in [4.78, 5) is 23.8. The monoisotopic (exact) mass is 499 g/mol. The molecule has 0 amide bonds. The summed E-state index contributed by atoms with van der Waals surface area (Å²) in [7, 11) is 1.99. The molecule has 2 aromatic carbocycles. The molecule has 5 rings (SSSR count). The zero-order valence-electron chi connectivity index (χ0n) is 21.6. The molecule has 1 aliphatic heterocycles. The maximum Gasteiger partial charge on any atom is 0.208 e. The van der Waals surface area contributed by atoms with E-state index in [-0.39, 0.29) is 12.2 Å². The number of nitrogens with zero attached hydrogens (tertiary/aromatic N) is 4. The maximum atomic E-state index is 12.5. The predicted molar refractivity (Wildman–Crippen MR) is 145 cm³/mol. The van der Waals surface area contributed by atoms with E-state index in [4.69, 9.17) is 14.5 Å². The van der Waals surface area contributed by atoms with Gasteiger partial charge in [-0.25, -0.2) is 4.98 Å². The van der Waals surface area contributed by atoms with Crippen molar-refractivity contribution < 1.29 is 14.3 Å². The second kappa shape index (κ2) is 11.1. The predicted octanol–water partition coefficient (Wildman–Crippen LogP) is 5.07. The number of aromatic nitrogens is 3. The van der Waals surface area contributed by atoms with Gasteiger partial charge in [0.25, 0.3) is 0 Å². The Morgan fingerprint density at radius 1 is 1.08 bits per heavy atom. The molecular formula is C29H33N5O3. The van der Waals surface area contributed by atoms with Gasteiger partial charge in [0.2, 0.25) is 5.95 Å². The van der Waals surface area contributed by atoms with Crippen LogP contribution in [0.1, 0.15) is 31.0 Å². The number of rotatable bonds is 9. The first-order valence-electron chi connectivity index (χ1n) is 12.7. The average Bonchev–Trinajstić information content (AvgIpc) is 3.19. The number of pyridine rings is 1. The van der Waals surface area contributed by atoms with Crippen molar-refractivity contribution in [1.29, 1.82) is 0 Å². The van der Waals surface area contributed by atoms with Crippen LogP contribution in [0.25, 0.3) is 11.0 Å². The summed E-state index contributed by atoms with van der Waals surface area (Å²) in [6.45, 7) is 7.73. The highest BCUT2D eigenvalue weighted by molar-refractivity contribution is 5.83. The molecule has 8 heteroatoms. The molecule has 3 heterocycles. The number of carbonyl (C=O) groups is 1. The van der Waals surface area contributed by atoms with Crippen LogP contribution >= 0.6 is 0 Å². The largest absolute Gasteiger partial charge is 0.457 e. The third-order valence-electron chi connectivity index (χ3n) is 6.57. The van der Waals surface area contributed by atoms with Gasteiger partial charge < -0.3 is 19.4 Å². The lowest BCUT2D eigenvalue weighted by Gasteiger charge is -2.25. The Hall–Kier alpha value is -3.75. The van der Waals surface area contributed by atoms with E-state index in [9.17, 15) is 4.79 Å². The molecule has 1 aliphatic rings. The normalized spacial score (nSPS) is 14.3. The minimum atomic E-state index is 0.139. The molecule has 0 aliphatic carbocycles. The van der Waals surface area contributed by atoms with Crippen LogP contribution in [0.2, 0.25) is 0 Å². The number of Topliss-reactive ketones (excluding diaryl/α,β-unsaturated/α-hetero) is 1. The molecule has 0 unspecified atom stereocenters. The second-order valence-corrected chi connectivity index (χ2v) is 9.74. The van der Waals surface area contributed by atoms with Gasteiger partial charge in [-0.2, -0.15) is 0 Å². The van der Waals surface area contributed by atoms with Crippen LogP contribution in [0, 0.1) is 0 Å². The lowest BCUT2D eigenvalue weighted by atomic mass is 10.0. The van der Waals surface area contributed by atoms with E-state index in [1.54, 1.807) is 12.3 Å². The zero-order chi connectivity index (χ0) is 25.8. The summed E-state index contributed by atoms with van der Waals surface area (Å²) in [5, 5.41) is 3.44. The van der Waals surface area contributed by atoms with Crippen molar-refractivity contribution in [3.63, 3.8) is 0 Å². The van der Waals surface area contributed by atoms with Crippen molar-refractivity contribution in [2.75, 3.05) is 38.2 Å². The van der Waals surface area contributed by atoms with Gasteiger partial charge in [-0.3, -0.25) is 14.7 Å². The van der Waals surface area contributed by atoms with Crippen LogP contribution in [0.5, 0.6) is 11.5 Å². The first-order valence-corrected chi connectivity index (χ1v) is 12.7. The molecule has 0 bridgehead atoms. The highest BCUT2D eigenvalue weighted by Gasteiger charge is 2.15. The molecule has 2 aromatic heterocycles. The van der Waals surface area contributed by atoms with Crippen molar-refractivity contribution in [3.05, 3.63) is 72.1 Å². The number of ketones is 1. The van der Waals surface area contributed by atoms with E-state index in [1.807, 2.05) is 41.9 Å². The number of anilines is 2. The van der Waals surface area contributed by atoms with Gasteiger partial charge in [0.15, 0.2) is 5.78 Å². The number of nitrogens with one attached hydrogen (secondary N) is 1. The Kier molecular flexibility index (Phi) is 7.48. The van der Waals surface area contributed by atoms with E-state index in [1.165, 1.54) is 5.56 Å². The third kappa shape index (κ3) is 6.15. The van der Waals surface area contributed by atoms with E-state index in [2.05, 4.69) is 47.2 Å². The molecule has 1 N–H and O–H groups in total. The summed E-state index contributed by atoms with van der Waals surface area (Å²) in [6.07, 6.45) is 1.96. The Morgan fingerprint density at radius 3 is 2.70 bits per heavy atom. The Bertz CT molecular complexity index is 1390. The van der Waals surface area contributed by atoms with Crippen LogP contribution in [-0.4, -0.2) is 58.1 Å². The van der Waals surface area contributed by atoms with Crippen LogP contribution < -0.4 is 10.1 Å². The smallest absolute Gasteiger partial charge is 0.208 e.